The van der Waals surface area contributed by atoms with Crippen LogP contribution in [0.25, 0.3) is 0 Å². The van der Waals surface area contributed by atoms with Crippen molar-refractivity contribution in [3.8, 4) is 11.5 Å². The van der Waals surface area contributed by atoms with Crippen molar-refractivity contribution >= 4 is 35.3 Å². The number of carbonyl (C=O) groups excluding carboxylic acids is 1. The highest BCUT2D eigenvalue weighted by molar-refractivity contribution is 7.98. The summed E-state index contributed by atoms with van der Waals surface area (Å²) in [4.78, 5) is 17.6. The number of rotatable bonds is 11. The third kappa shape index (κ3) is 6.05. The number of hydrogen-bond donors (Lipinski definition) is 1. The molecule has 0 fully saturated rings. The van der Waals surface area contributed by atoms with Gasteiger partial charge in [-0.25, -0.2) is 9.48 Å². The maximum Gasteiger partial charge on any atom is 0.338 e. The lowest BCUT2D eigenvalue weighted by Crippen LogP contribution is -2.29. The lowest BCUT2D eigenvalue weighted by Gasteiger charge is -2.28. The van der Waals surface area contributed by atoms with E-state index in [4.69, 9.17) is 30.9 Å². The monoisotopic (exact) mass is 542 g/mol. The maximum absolute atomic E-state index is 12.9. The Morgan fingerprint density at radius 2 is 1.97 bits per heavy atom. The largest absolute Gasteiger partial charge is 0.493 e. The van der Waals surface area contributed by atoms with Crippen molar-refractivity contribution in [2.24, 2.45) is 0 Å². The van der Waals surface area contributed by atoms with Gasteiger partial charge in [0.05, 0.1) is 26.4 Å². The highest BCUT2D eigenvalue weighted by Crippen LogP contribution is 2.40. The molecule has 2 heterocycles. The van der Waals surface area contributed by atoms with Gasteiger partial charge < -0.3 is 19.5 Å². The topological polar surface area (TPSA) is 87.5 Å². The number of aromatic nitrogens is 3. The summed E-state index contributed by atoms with van der Waals surface area (Å²) in [6.07, 6.45) is 3.20. The number of anilines is 1. The molecule has 1 atom stereocenters. The molecule has 1 aliphatic heterocycles. The Morgan fingerprint density at radius 3 is 2.70 bits per heavy atom. The average Bonchev–Trinajstić information content (AvgIpc) is 3.31. The standard InChI is InChI=1S/C27H31ClN4O4S/c1-5-6-9-14-36-21-13-12-18(15-22(21)34-3)24-23(25(33)35-4)17(2)29-26-30-27(31-32(24)26)37-16-19-10-7-8-11-20(19)28/h7-8,10-13,15,24H,5-6,9,14,16H2,1-4H3,(H,29,30,31). The molecule has 0 spiro atoms. The summed E-state index contributed by atoms with van der Waals surface area (Å²) in [7, 11) is 2.97. The Hall–Kier alpha value is -3.17. The van der Waals surface area contributed by atoms with Crippen LogP contribution in [0.3, 0.4) is 0 Å². The van der Waals surface area contributed by atoms with Gasteiger partial charge in [-0.15, -0.1) is 5.10 Å². The molecule has 4 rings (SSSR count). The van der Waals surface area contributed by atoms with Crippen molar-refractivity contribution in [3.05, 3.63) is 69.9 Å². The van der Waals surface area contributed by atoms with Crippen molar-refractivity contribution in [2.45, 2.75) is 50.1 Å². The van der Waals surface area contributed by atoms with Gasteiger partial charge in [-0.1, -0.05) is 67.4 Å². The molecule has 0 radical (unpaired) electrons. The summed E-state index contributed by atoms with van der Waals surface area (Å²) in [5.74, 6) is 1.95. The number of unbranched alkanes of at least 4 members (excludes halogenated alkanes) is 2. The van der Waals surface area contributed by atoms with Gasteiger partial charge in [0.15, 0.2) is 11.5 Å². The third-order valence-corrected chi connectivity index (χ3v) is 7.32. The van der Waals surface area contributed by atoms with E-state index in [0.717, 1.165) is 30.4 Å². The molecule has 10 heteroatoms. The van der Waals surface area contributed by atoms with E-state index in [2.05, 4.69) is 17.2 Å². The Morgan fingerprint density at radius 1 is 1.16 bits per heavy atom. The number of fused-ring (bicyclic) bond motifs is 1. The highest BCUT2D eigenvalue weighted by atomic mass is 35.5. The van der Waals surface area contributed by atoms with Crippen molar-refractivity contribution in [3.63, 3.8) is 0 Å². The van der Waals surface area contributed by atoms with Gasteiger partial charge >= 0.3 is 5.97 Å². The third-order valence-electron chi connectivity index (χ3n) is 6.06. The van der Waals surface area contributed by atoms with Crippen LogP contribution < -0.4 is 14.8 Å². The molecular formula is C27H31ClN4O4S. The van der Waals surface area contributed by atoms with E-state index in [0.29, 0.717) is 51.3 Å². The predicted octanol–water partition coefficient (Wildman–Crippen LogP) is 6.26. The second-order valence-electron chi connectivity index (χ2n) is 8.57. The minimum absolute atomic E-state index is 0.444. The number of hydrogen-bond acceptors (Lipinski definition) is 8. The molecule has 1 unspecified atom stereocenters. The van der Waals surface area contributed by atoms with Crippen molar-refractivity contribution in [1.82, 2.24) is 14.8 Å². The summed E-state index contributed by atoms with van der Waals surface area (Å²) in [5.41, 5.74) is 2.89. The Kier molecular flexibility index (Phi) is 9.00. The first-order chi connectivity index (χ1) is 18.0. The molecule has 0 bridgehead atoms. The number of nitrogens with one attached hydrogen (secondary N) is 1. The van der Waals surface area contributed by atoms with Crippen LogP contribution in [-0.4, -0.2) is 41.6 Å². The zero-order valence-electron chi connectivity index (χ0n) is 21.4. The second kappa shape index (κ2) is 12.4. The smallest absolute Gasteiger partial charge is 0.338 e. The summed E-state index contributed by atoms with van der Waals surface area (Å²) in [5, 5.41) is 9.22. The van der Waals surface area contributed by atoms with Crippen LogP contribution in [-0.2, 0) is 15.3 Å². The van der Waals surface area contributed by atoms with Gasteiger partial charge in [0, 0.05) is 16.5 Å². The fourth-order valence-corrected chi connectivity index (χ4v) is 5.26. The lowest BCUT2D eigenvalue weighted by molar-refractivity contribution is -0.136. The number of nitrogens with zero attached hydrogens (tertiary/aromatic N) is 3. The number of halogens is 1. The quantitative estimate of drug-likeness (QED) is 0.172. The SMILES string of the molecule is CCCCCOc1ccc(C2C(C(=O)OC)=C(C)Nc3nc(SCc4ccccc4Cl)nn32)cc1OC. The number of methoxy groups -OCH3 is 2. The number of ether oxygens (including phenoxy) is 3. The van der Waals surface area contributed by atoms with Gasteiger partial charge in [-0.2, -0.15) is 4.98 Å². The molecule has 1 aliphatic rings. The van der Waals surface area contributed by atoms with Crippen LogP contribution in [0.1, 0.15) is 50.3 Å². The number of esters is 1. The van der Waals surface area contributed by atoms with Crippen LogP contribution in [0.4, 0.5) is 5.95 Å². The number of thioether (sulfide) groups is 1. The molecule has 8 nitrogen and oxygen atoms in total. The highest BCUT2D eigenvalue weighted by Gasteiger charge is 2.35. The van der Waals surface area contributed by atoms with Crippen LogP contribution in [0.15, 0.2) is 58.9 Å². The molecular weight excluding hydrogens is 512 g/mol. The Balaban J connectivity index is 1.67. The van der Waals surface area contributed by atoms with Gasteiger partial charge in [-0.3, -0.25) is 0 Å². The van der Waals surface area contributed by atoms with Gasteiger partial charge in [0.1, 0.15) is 6.04 Å². The molecule has 0 amide bonds. The Labute approximate surface area is 226 Å². The van der Waals surface area contributed by atoms with E-state index in [1.807, 2.05) is 49.4 Å². The lowest BCUT2D eigenvalue weighted by atomic mass is 9.95. The van der Waals surface area contributed by atoms with Crippen LogP contribution >= 0.6 is 23.4 Å². The molecule has 196 valence electrons. The molecule has 37 heavy (non-hydrogen) atoms. The van der Waals surface area contributed by atoms with Gasteiger partial charge in [0.2, 0.25) is 11.1 Å². The minimum atomic E-state index is -0.561. The van der Waals surface area contributed by atoms with Crippen molar-refractivity contribution < 1.29 is 19.0 Å². The van der Waals surface area contributed by atoms with Gasteiger partial charge in [0.25, 0.3) is 0 Å². The molecule has 3 aromatic rings. The summed E-state index contributed by atoms with van der Waals surface area (Å²) < 4.78 is 18.4. The zero-order valence-corrected chi connectivity index (χ0v) is 23.0. The average molecular weight is 543 g/mol. The van der Waals surface area contributed by atoms with E-state index in [-0.39, 0.29) is 0 Å². The van der Waals surface area contributed by atoms with Crippen LogP contribution in [0, 0.1) is 0 Å². The second-order valence-corrected chi connectivity index (χ2v) is 9.92. The van der Waals surface area contributed by atoms with Crippen molar-refractivity contribution in [1.29, 1.82) is 0 Å². The summed E-state index contributed by atoms with van der Waals surface area (Å²) in [6, 6.07) is 12.8. The first-order valence-electron chi connectivity index (χ1n) is 12.2. The van der Waals surface area contributed by atoms with E-state index >= 15 is 0 Å². The van der Waals surface area contributed by atoms with Crippen LogP contribution in [0.5, 0.6) is 11.5 Å². The summed E-state index contributed by atoms with van der Waals surface area (Å²) in [6.45, 7) is 4.60. The molecule has 2 aromatic carbocycles. The van der Waals surface area contributed by atoms with Crippen molar-refractivity contribution in [2.75, 3.05) is 26.1 Å². The molecule has 0 saturated carbocycles. The molecule has 1 N–H and O–H groups in total. The minimum Gasteiger partial charge on any atom is -0.493 e. The van der Waals surface area contributed by atoms with Crippen LogP contribution in [0.2, 0.25) is 5.02 Å². The summed E-state index contributed by atoms with van der Waals surface area (Å²) >= 11 is 7.79. The van der Waals surface area contributed by atoms with E-state index in [1.165, 1.54) is 18.9 Å². The predicted molar refractivity (Wildman–Crippen MR) is 146 cm³/mol. The fraction of sp³-hybridized carbons (Fsp3) is 0.370. The normalized spacial score (nSPS) is 14.7. The van der Waals surface area contributed by atoms with E-state index in [1.54, 1.807) is 11.8 Å². The molecule has 0 aliphatic carbocycles. The molecule has 0 saturated heterocycles. The fourth-order valence-electron chi connectivity index (χ4n) is 4.14. The molecule has 1 aromatic heterocycles. The number of allylic oxidation sites excluding steroid dienone is 1. The van der Waals surface area contributed by atoms with E-state index in [9.17, 15) is 4.79 Å². The maximum atomic E-state index is 12.9. The number of carbonyl (C=O) groups is 1. The zero-order chi connectivity index (χ0) is 26.4. The Bertz CT molecular complexity index is 1290. The first kappa shape index (κ1) is 26.9. The first-order valence-corrected chi connectivity index (χ1v) is 13.5. The number of benzene rings is 2. The van der Waals surface area contributed by atoms with Gasteiger partial charge in [-0.05, 0) is 42.7 Å². The van der Waals surface area contributed by atoms with E-state index < -0.39 is 12.0 Å².